The molecule has 0 saturated heterocycles. The first-order valence-corrected chi connectivity index (χ1v) is 9.93. The van der Waals surface area contributed by atoms with Crippen LogP contribution in [0.1, 0.15) is 19.4 Å². The lowest BCUT2D eigenvalue weighted by Crippen LogP contribution is -2.36. The van der Waals surface area contributed by atoms with Crippen molar-refractivity contribution in [1.29, 1.82) is 0 Å². The summed E-state index contributed by atoms with van der Waals surface area (Å²) >= 11 is 0. The van der Waals surface area contributed by atoms with Gasteiger partial charge < -0.3 is 24.5 Å². The molecule has 1 aromatic heterocycles. The number of aromatic nitrogens is 1. The van der Waals surface area contributed by atoms with Gasteiger partial charge in [0, 0.05) is 31.3 Å². The number of aliphatic carboxylic acids is 1. The van der Waals surface area contributed by atoms with Crippen LogP contribution in [-0.2, 0) is 22.6 Å². The summed E-state index contributed by atoms with van der Waals surface area (Å²) in [5, 5.41) is 12.8. The third-order valence-corrected chi connectivity index (χ3v) is 4.75. The van der Waals surface area contributed by atoms with Gasteiger partial charge in [-0.25, -0.2) is 0 Å². The van der Waals surface area contributed by atoms with Crippen LogP contribution in [-0.4, -0.2) is 34.9 Å². The molecule has 3 aromatic rings. The van der Waals surface area contributed by atoms with Crippen molar-refractivity contribution in [3.05, 3.63) is 70.5 Å². The molecule has 0 aliphatic heterocycles. The molecule has 1 unspecified atom stereocenters. The van der Waals surface area contributed by atoms with Gasteiger partial charge in [0.15, 0.2) is 0 Å². The Hall–Kier alpha value is -3.16. The zero-order chi connectivity index (χ0) is 21.5. The van der Waals surface area contributed by atoms with Gasteiger partial charge in [-0.15, -0.1) is 0 Å². The van der Waals surface area contributed by atoms with Gasteiger partial charge in [-0.2, -0.15) is 0 Å². The number of fused-ring (bicyclic) bond motifs is 1. The summed E-state index contributed by atoms with van der Waals surface area (Å²) in [6, 6.07) is 16.1. The summed E-state index contributed by atoms with van der Waals surface area (Å²) in [6.07, 6.45) is 0. The standard InChI is InChI=1S/C23H26N2O5/c1-3-29-12-11-25-21-14-20(30-19-7-5-4-6-8-19)10-9-17(21)13-18(22(25)26)15-24-16(2)23(27)28/h4-10,13-14,16,24H,3,11-12,15H2,1-2H3,(H,27,28). The lowest BCUT2D eigenvalue weighted by atomic mass is 10.1. The average molecular weight is 410 g/mol. The maximum absolute atomic E-state index is 13.1. The molecule has 1 heterocycles. The number of ether oxygens (including phenoxy) is 2. The average Bonchev–Trinajstić information content (AvgIpc) is 2.74. The Morgan fingerprint density at radius 1 is 1.13 bits per heavy atom. The van der Waals surface area contributed by atoms with Crippen molar-refractivity contribution in [1.82, 2.24) is 9.88 Å². The fourth-order valence-corrected chi connectivity index (χ4v) is 3.10. The van der Waals surface area contributed by atoms with Crippen LogP contribution in [0.3, 0.4) is 0 Å². The van der Waals surface area contributed by atoms with E-state index in [-0.39, 0.29) is 12.1 Å². The molecule has 2 aromatic carbocycles. The van der Waals surface area contributed by atoms with Gasteiger partial charge in [0.1, 0.15) is 17.5 Å². The molecule has 7 heteroatoms. The van der Waals surface area contributed by atoms with Gasteiger partial charge in [-0.1, -0.05) is 18.2 Å². The Bertz CT molecular complexity index is 1060. The van der Waals surface area contributed by atoms with Gasteiger partial charge in [-0.05, 0) is 49.6 Å². The van der Waals surface area contributed by atoms with E-state index in [1.807, 2.05) is 55.5 Å². The first-order chi connectivity index (χ1) is 14.5. The minimum Gasteiger partial charge on any atom is -0.480 e. The Labute approximate surface area is 174 Å². The first kappa shape index (κ1) is 21.5. The summed E-state index contributed by atoms with van der Waals surface area (Å²) in [4.78, 5) is 24.2. The van der Waals surface area contributed by atoms with E-state index >= 15 is 0 Å². The number of hydrogen-bond donors (Lipinski definition) is 2. The maximum atomic E-state index is 13.1. The molecular formula is C23H26N2O5. The number of carbonyl (C=O) groups is 1. The van der Waals surface area contributed by atoms with E-state index in [1.165, 1.54) is 0 Å². The number of benzene rings is 2. The molecule has 7 nitrogen and oxygen atoms in total. The van der Waals surface area contributed by atoms with Crippen LogP contribution >= 0.6 is 0 Å². The van der Waals surface area contributed by atoms with Crippen LogP contribution in [0.15, 0.2) is 59.4 Å². The summed E-state index contributed by atoms with van der Waals surface area (Å²) in [5.41, 5.74) is 1.07. The zero-order valence-electron chi connectivity index (χ0n) is 17.1. The Morgan fingerprint density at radius 2 is 1.90 bits per heavy atom. The minimum absolute atomic E-state index is 0.166. The predicted octanol–water partition coefficient (Wildman–Crippen LogP) is 3.39. The van der Waals surface area contributed by atoms with E-state index < -0.39 is 12.0 Å². The summed E-state index contributed by atoms with van der Waals surface area (Å²) in [7, 11) is 0. The van der Waals surface area contributed by atoms with Crippen LogP contribution in [0.5, 0.6) is 11.5 Å². The van der Waals surface area contributed by atoms with Crippen molar-refractivity contribution < 1.29 is 19.4 Å². The summed E-state index contributed by atoms with van der Waals surface area (Å²) in [6.45, 7) is 4.97. The van der Waals surface area contributed by atoms with E-state index in [4.69, 9.17) is 14.6 Å². The molecule has 0 aliphatic rings. The molecule has 0 radical (unpaired) electrons. The number of para-hydroxylation sites is 1. The number of nitrogens with zero attached hydrogens (tertiary/aromatic N) is 1. The third-order valence-electron chi connectivity index (χ3n) is 4.75. The second-order valence-corrected chi connectivity index (χ2v) is 6.90. The largest absolute Gasteiger partial charge is 0.480 e. The van der Waals surface area contributed by atoms with Crippen LogP contribution in [0, 0.1) is 0 Å². The number of carboxylic acids is 1. The van der Waals surface area contributed by atoms with Crippen molar-refractivity contribution in [2.75, 3.05) is 13.2 Å². The second kappa shape index (κ2) is 10.0. The molecule has 0 bridgehead atoms. The number of carboxylic acid groups (broad SMARTS) is 1. The second-order valence-electron chi connectivity index (χ2n) is 6.90. The van der Waals surface area contributed by atoms with Crippen LogP contribution < -0.4 is 15.6 Å². The number of nitrogens with one attached hydrogen (secondary N) is 1. The van der Waals surface area contributed by atoms with Gasteiger partial charge in [0.25, 0.3) is 5.56 Å². The lowest BCUT2D eigenvalue weighted by Gasteiger charge is -2.16. The molecule has 0 saturated carbocycles. The van der Waals surface area contributed by atoms with Crippen molar-refractivity contribution in [2.45, 2.75) is 33.0 Å². The number of pyridine rings is 1. The Morgan fingerprint density at radius 3 is 2.60 bits per heavy atom. The lowest BCUT2D eigenvalue weighted by molar-refractivity contribution is -0.139. The SMILES string of the molecule is CCOCCn1c(=O)c(CNC(C)C(=O)O)cc2ccc(Oc3ccccc3)cc21. The van der Waals surface area contributed by atoms with Gasteiger partial charge in [0.05, 0.1) is 12.1 Å². The highest BCUT2D eigenvalue weighted by atomic mass is 16.5. The van der Waals surface area contributed by atoms with E-state index in [0.29, 0.717) is 36.8 Å². The third kappa shape index (κ3) is 5.25. The van der Waals surface area contributed by atoms with E-state index in [2.05, 4.69) is 5.32 Å². The molecule has 2 N–H and O–H groups in total. The van der Waals surface area contributed by atoms with E-state index in [9.17, 15) is 9.59 Å². The van der Waals surface area contributed by atoms with E-state index in [0.717, 1.165) is 10.9 Å². The van der Waals surface area contributed by atoms with Crippen molar-refractivity contribution >= 4 is 16.9 Å². The molecule has 0 amide bonds. The molecule has 3 rings (SSSR count). The first-order valence-electron chi connectivity index (χ1n) is 9.93. The monoisotopic (exact) mass is 410 g/mol. The molecule has 0 fully saturated rings. The van der Waals surface area contributed by atoms with Gasteiger partial charge in [-0.3, -0.25) is 9.59 Å². The molecule has 1 atom stereocenters. The topological polar surface area (TPSA) is 89.8 Å². The van der Waals surface area contributed by atoms with Crippen LogP contribution in [0.2, 0.25) is 0 Å². The van der Waals surface area contributed by atoms with E-state index in [1.54, 1.807) is 17.6 Å². The zero-order valence-corrected chi connectivity index (χ0v) is 17.1. The summed E-state index contributed by atoms with van der Waals surface area (Å²) in [5.74, 6) is 0.377. The molecule has 0 aliphatic carbocycles. The van der Waals surface area contributed by atoms with Crippen LogP contribution in [0.4, 0.5) is 0 Å². The van der Waals surface area contributed by atoms with Crippen molar-refractivity contribution in [3.8, 4) is 11.5 Å². The Balaban J connectivity index is 1.97. The van der Waals surface area contributed by atoms with Crippen molar-refractivity contribution in [3.63, 3.8) is 0 Å². The molecule has 30 heavy (non-hydrogen) atoms. The quantitative estimate of drug-likeness (QED) is 0.498. The van der Waals surface area contributed by atoms with Gasteiger partial charge in [0.2, 0.25) is 0 Å². The smallest absolute Gasteiger partial charge is 0.320 e. The molecular weight excluding hydrogens is 384 g/mol. The number of rotatable bonds is 10. The summed E-state index contributed by atoms with van der Waals surface area (Å²) < 4.78 is 13.0. The Kier molecular flexibility index (Phi) is 7.21. The highest BCUT2D eigenvalue weighted by Gasteiger charge is 2.14. The fourth-order valence-electron chi connectivity index (χ4n) is 3.10. The van der Waals surface area contributed by atoms with Crippen molar-refractivity contribution in [2.24, 2.45) is 0 Å². The normalized spacial score (nSPS) is 12.1. The van der Waals surface area contributed by atoms with Crippen LogP contribution in [0.25, 0.3) is 10.9 Å². The maximum Gasteiger partial charge on any atom is 0.320 e. The highest BCUT2D eigenvalue weighted by Crippen LogP contribution is 2.25. The molecule has 0 spiro atoms. The van der Waals surface area contributed by atoms with Gasteiger partial charge >= 0.3 is 5.97 Å². The highest BCUT2D eigenvalue weighted by molar-refractivity contribution is 5.81. The predicted molar refractivity (Wildman–Crippen MR) is 115 cm³/mol. The minimum atomic E-state index is -0.963. The fraction of sp³-hybridized carbons (Fsp3) is 0.304. The number of hydrogen-bond acceptors (Lipinski definition) is 5. The molecule has 158 valence electrons.